The van der Waals surface area contributed by atoms with Gasteiger partial charge < -0.3 is 9.64 Å². The van der Waals surface area contributed by atoms with Crippen molar-refractivity contribution in [3.63, 3.8) is 0 Å². The predicted octanol–water partition coefficient (Wildman–Crippen LogP) is 3.52. The third-order valence-electron chi connectivity index (χ3n) is 6.40. The number of guanidine groups is 1. The maximum atomic E-state index is 12.5. The first-order chi connectivity index (χ1) is 16.2. The second kappa shape index (κ2) is 11.5. The Bertz CT molecular complexity index is 920. The maximum absolute atomic E-state index is 12.5. The van der Waals surface area contributed by atoms with E-state index in [4.69, 9.17) is 21.4 Å². The standard InChI is InChI=1S/C24H31ClN6O2/c25-19-11-9-18(10-12-19)23-21(30-14-4-8-22(30)32)16-31(29-23)24(28-17-26)27-13-5-15-33-20-6-2-1-3-7-20/h9-12,20-21H,1-8,13-16H2,(H,27,28). The molecule has 9 heteroatoms. The van der Waals surface area contributed by atoms with Crippen LogP contribution in [0.4, 0.5) is 0 Å². The minimum atomic E-state index is -0.193. The van der Waals surface area contributed by atoms with Crippen molar-refractivity contribution in [2.75, 3.05) is 26.2 Å². The van der Waals surface area contributed by atoms with Crippen molar-refractivity contribution in [1.29, 1.82) is 5.26 Å². The molecule has 0 bridgehead atoms. The van der Waals surface area contributed by atoms with Crippen molar-refractivity contribution in [3.05, 3.63) is 34.9 Å². The molecule has 1 unspecified atom stereocenters. The van der Waals surface area contributed by atoms with Gasteiger partial charge in [0.1, 0.15) is 0 Å². The van der Waals surface area contributed by atoms with Gasteiger partial charge in [-0.15, -0.1) is 0 Å². The molecule has 1 saturated heterocycles. The molecule has 0 radical (unpaired) electrons. The van der Waals surface area contributed by atoms with Gasteiger partial charge in [-0.2, -0.15) is 10.4 Å². The summed E-state index contributed by atoms with van der Waals surface area (Å²) >= 11 is 6.07. The molecule has 1 N–H and O–H groups in total. The molecule has 4 rings (SSSR count). The topological polar surface area (TPSA) is 93.3 Å². The first-order valence-corrected chi connectivity index (χ1v) is 12.3. The van der Waals surface area contributed by atoms with Crippen LogP contribution in [-0.2, 0) is 9.53 Å². The van der Waals surface area contributed by atoms with Crippen molar-refractivity contribution in [1.82, 2.24) is 15.2 Å². The highest BCUT2D eigenvalue weighted by Crippen LogP contribution is 2.25. The van der Waals surface area contributed by atoms with Crippen LogP contribution in [0.3, 0.4) is 0 Å². The van der Waals surface area contributed by atoms with Crippen LogP contribution in [0.1, 0.15) is 56.9 Å². The number of rotatable bonds is 7. The number of aliphatic imine (C=N–C) groups is 1. The van der Waals surface area contributed by atoms with E-state index in [1.807, 2.05) is 35.4 Å². The summed E-state index contributed by atoms with van der Waals surface area (Å²) in [5.41, 5.74) is 1.69. The summed E-state index contributed by atoms with van der Waals surface area (Å²) in [5.74, 6) is 0.533. The van der Waals surface area contributed by atoms with Gasteiger partial charge in [-0.3, -0.25) is 15.1 Å². The summed E-state index contributed by atoms with van der Waals surface area (Å²) in [7, 11) is 0. The Morgan fingerprint density at radius 3 is 2.73 bits per heavy atom. The zero-order chi connectivity index (χ0) is 23.0. The minimum Gasteiger partial charge on any atom is -0.378 e. The molecule has 33 heavy (non-hydrogen) atoms. The van der Waals surface area contributed by atoms with E-state index in [2.05, 4.69) is 10.3 Å². The minimum absolute atomic E-state index is 0.134. The highest BCUT2D eigenvalue weighted by atomic mass is 35.5. The summed E-state index contributed by atoms with van der Waals surface area (Å²) in [6.07, 6.45) is 10.7. The lowest BCUT2D eigenvalue weighted by Crippen LogP contribution is -2.45. The Hall–Kier alpha value is -2.63. The third kappa shape index (κ3) is 6.04. The van der Waals surface area contributed by atoms with Gasteiger partial charge >= 0.3 is 0 Å². The molecule has 1 atom stereocenters. The molecule has 8 nitrogen and oxygen atoms in total. The van der Waals surface area contributed by atoms with E-state index in [-0.39, 0.29) is 11.9 Å². The van der Waals surface area contributed by atoms with Gasteiger partial charge in [-0.1, -0.05) is 43.0 Å². The zero-order valence-electron chi connectivity index (χ0n) is 18.9. The molecule has 2 heterocycles. The number of amides is 1. The van der Waals surface area contributed by atoms with Crippen molar-refractivity contribution >= 4 is 29.2 Å². The molecule has 1 aromatic rings. The molecular formula is C24H31ClN6O2. The number of nitrogens with one attached hydrogen (secondary N) is 1. The molecule has 1 saturated carbocycles. The van der Waals surface area contributed by atoms with Crippen molar-refractivity contribution < 1.29 is 9.53 Å². The number of nitrogens with zero attached hydrogens (tertiary/aromatic N) is 5. The van der Waals surface area contributed by atoms with E-state index in [1.54, 1.807) is 5.01 Å². The lowest BCUT2D eigenvalue weighted by atomic mass is 9.98. The molecular weight excluding hydrogens is 440 g/mol. The largest absolute Gasteiger partial charge is 0.378 e. The number of ether oxygens (including phenoxy) is 1. The number of hydrazone groups is 1. The number of carbonyl (C=O) groups excluding carboxylic acids is 1. The Labute approximate surface area is 200 Å². The highest BCUT2D eigenvalue weighted by Gasteiger charge is 2.38. The first-order valence-electron chi connectivity index (χ1n) is 11.9. The molecule has 2 aliphatic heterocycles. The van der Waals surface area contributed by atoms with E-state index in [9.17, 15) is 10.1 Å². The summed E-state index contributed by atoms with van der Waals surface area (Å²) in [6.45, 7) is 2.36. The van der Waals surface area contributed by atoms with Crippen LogP contribution >= 0.6 is 11.6 Å². The SMILES string of the molecule is N#CNC(=NCCCOC1CCCCC1)N1CC(N2CCCC2=O)C(c2ccc(Cl)cc2)=N1. The summed E-state index contributed by atoms with van der Waals surface area (Å²) in [5, 5.41) is 19.1. The fraction of sp³-hybridized carbons (Fsp3) is 0.583. The van der Waals surface area contributed by atoms with Crippen LogP contribution in [0.25, 0.3) is 0 Å². The maximum Gasteiger partial charge on any atom is 0.228 e. The van der Waals surface area contributed by atoms with E-state index in [1.165, 1.54) is 19.3 Å². The molecule has 0 spiro atoms. The number of nitriles is 1. The third-order valence-corrected chi connectivity index (χ3v) is 6.65. The number of carbonyl (C=O) groups is 1. The van der Waals surface area contributed by atoms with E-state index >= 15 is 0 Å². The number of benzene rings is 1. The second-order valence-electron chi connectivity index (χ2n) is 8.71. The normalized spacial score (nSPS) is 21.9. The fourth-order valence-electron chi connectivity index (χ4n) is 4.70. The van der Waals surface area contributed by atoms with Gasteiger partial charge in [0, 0.05) is 36.7 Å². The van der Waals surface area contributed by atoms with Crippen molar-refractivity contribution in [2.24, 2.45) is 10.1 Å². The Kier molecular flexibility index (Phi) is 8.19. The van der Waals surface area contributed by atoms with E-state index < -0.39 is 0 Å². The van der Waals surface area contributed by atoms with Crippen LogP contribution in [0, 0.1) is 11.5 Å². The zero-order valence-corrected chi connectivity index (χ0v) is 19.6. The van der Waals surface area contributed by atoms with Gasteiger partial charge in [0.05, 0.1) is 24.4 Å². The number of hydrogen-bond donors (Lipinski definition) is 1. The lowest BCUT2D eigenvalue weighted by Gasteiger charge is -2.25. The van der Waals surface area contributed by atoms with Crippen LogP contribution in [0.5, 0.6) is 0 Å². The van der Waals surface area contributed by atoms with E-state index in [0.29, 0.717) is 49.7 Å². The lowest BCUT2D eigenvalue weighted by molar-refractivity contribution is -0.128. The summed E-state index contributed by atoms with van der Waals surface area (Å²) in [4.78, 5) is 19.0. The highest BCUT2D eigenvalue weighted by molar-refractivity contribution is 6.30. The second-order valence-corrected chi connectivity index (χ2v) is 9.14. The Morgan fingerprint density at radius 2 is 2.03 bits per heavy atom. The molecule has 176 valence electrons. The predicted molar refractivity (Wildman–Crippen MR) is 128 cm³/mol. The van der Waals surface area contributed by atoms with Gasteiger partial charge in [-0.05, 0) is 37.8 Å². The van der Waals surface area contributed by atoms with Crippen LogP contribution in [0.15, 0.2) is 34.4 Å². The fourth-order valence-corrected chi connectivity index (χ4v) is 4.83. The molecule has 1 aliphatic carbocycles. The van der Waals surface area contributed by atoms with Gasteiger partial charge in [0.2, 0.25) is 11.9 Å². The average molecular weight is 471 g/mol. The molecule has 3 aliphatic rings. The van der Waals surface area contributed by atoms with Crippen LogP contribution in [0.2, 0.25) is 5.02 Å². The Balaban J connectivity index is 1.44. The van der Waals surface area contributed by atoms with Crippen LogP contribution < -0.4 is 5.32 Å². The number of halogens is 1. The first kappa shape index (κ1) is 23.5. The van der Waals surface area contributed by atoms with Gasteiger partial charge in [0.25, 0.3) is 0 Å². The van der Waals surface area contributed by atoms with E-state index in [0.717, 1.165) is 37.0 Å². The monoisotopic (exact) mass is 470 g/mol. The van der Waals surface area contributed by atoms with Gasteiger partial charge in [-0.25, -0.2) is 5.01 Å². The van der Waals surface area contributed by atoms with Crippen LogP contribution in [-0.4, -0.2) is 65.9 Å². The number of likely N-dealkylation sites (tertiary alicyclic amines) is 1. The molecule has 2 fully saturated rings. The summed E-state index contributed by atoms with van der Waals surface area (Å²) < 4.78 is 5.98. The number of hydrogen-bond acceptors (Lipinski definition) is 5. The summed E-state index contributed by atoms with van der Waals surface area (Å²) in [6, 6.07) is 7.27. The van der Waals surface area contributed by atoms with Gasteiger partial charge in [0.15, 0.2) is 6.19 Å². The van der Waals surface area contributed by atoms with Crippen molar-refractivity contribution in [2.45, 2.75) is 63.5 Å². The molecule has 0 aromatic heterocycles. The molecule has 1 aromatic carbocycles. The van der Waals surface area contributed by atoms with Crippen molar-refractivity contribution in [3.8, 4) is 6.19 Å². The Morgan fingerprint density at radius 1 is 1.24 bits per heavy atom. The molecule has 1 amide bonds. The average Bonchev–Trinajstić information content (AvgIpc) is 3.45. The smallest absolute Gasteiger partial charge is 0.228 e. The quantitative estimate of drug-likeness (QED) is 0.216.